The molecule has 0 amide bonds. The van der Waals surface area contributed by atoms with Crippen molar-refractivity contribution in [2.75, 3.05) is 6.61 Å². The average Bonchev–Trinajstić information content (AvgIpc) is 2.58. The van der Waals surface area contributed by atoms with Gasteiger partial charge in [-0.05, 0) is 37.0 Å². The predicted octanol–water partition coefficient (Wildman–Crippen LogP) is 4.54. The van der Waals surface area contributed by atoms with E-state index in [0.29, 0.717) is 0 Å². The molecule has 1 aliphatic rings. The van der Waals surface area contributed by atoms with Crippen molar-refractivity contribution in [3.8, 4) is 0 Å². The van der Waals surface area contributed by atoms with Gasteiger partial charge in [-0.25, -0.2) is 0 Å². The maximum absolute atomic E-state index is 5.86. The van der Waals surface area contributed by atoms with Crippen molar-refractivity contribution < 1.29 is 4.74 Å². The standard InChI is InChI=1S/C13H18OS2/c1-9(2)6-7-14-13-15-11-5-4-10(3)8-12(11)16-13/h4-5,8-9,13H,6-7H2,1-3H3. The minimum Gasteiger partial charge on any atom is -0.357 e. The van der Waals surface area contributed by atoms with Crippen LogP contribution in [0.4, 0.5) is 0 Å². The Morgan fingerprint density at radius 1 is 1.25 bits per heavy atom. The third-order valence-electron chi connectivity index (χ3n) is 2.49. The van der Waals surface area contributed by atoms with Crippen molar-refractivity contribution in [1.29, 1.82) is 0 Å². The molecule has 0 N–H and O–H groups in total. The Balaban J connectivity index is 1.86. The maximum Gasteiger partial charge on any atom is 0.158 e. The fourth-order valence-electron chi connectivity index (χ4n) is 1.50. The maximum atomic E-state index is 5.86. The number of thioether (sulfide) groups is 2. The highest BCUT2D eigenvalue weighted by Crippen LogP contribution is 2.48. The zero-order chi connectivity index (χ0) is 11.5. The lowest BCUT2D eigenvalue weighted by Gasteiger charge is -2.10. The van der Waals surface area contributed by atoms with Gasteiger partial charge < -0.3 is 4.74 Å². The van der Waals surface area contributed by atoms with Crippen molar-refractivity contribution in [2.45, 2.75) is 41.8 Å². The number of hydrogen-bond donors (Lipinski definition) is 0. The van der Waals surface area contributed by atoms with Gasteiger partial charge in [-0.2, -0.15) is 0 Å². The molecule has 2 rings (SSSR count). The Kier molecular flexibility index (Phi) is 4.22. The molecule has 0 fully saturated rings. The van der Waals surface area contributed by atoms with Crippen LogP contribution in [0.5, 0.6) is 0 Å². The number of aryl methyl sites for hydroxylation is 1. The van der Waals surface area contributed by atoms with Crippen molar-refractivity contribution in [1.82, 2.24) is 0 Å². The van der Waals surface area contributed by atoms with E-state index in [4.69, 9.17) is 4.74 Å². The largest absolute Gasteiger partial charge is 0.357 e. The smallest absolute Gasteiger partial charge is 0.158 e. The first-order chi connectivity index (χ1) is 7.65. The normalized spacial score (nSPS) is 19.1. The number of rotatable bonds is 4. The van der Waals surface area contributed by atoms with Gasteiger partial charge in [0.15, 0.2) is 4.77 Å². The summed E-state index contributed by atoms with van der Waals surface area (Å²) >= 11 is 3.68. The minimum atomic E-state index is 0.260. The van der Waals surface area contributed by atoms with Gasteiger partial charge in [0.2, 0.25) is 0 Å². The second kappa shape index (κ2) is 5.48. The molecule has 1 aromatic rings. The number of fused-ring (bicyclic) bond motifs is 1. The third-order valence-corrected chi connectivity index (χ3v) is 5.06. The lowest BCUT2D eigenvalue weighted by Crippen LogP contribution is -2.04. The van der Waals surface area contributed by atoms with Crippen LogP contribution in [0.15, 0.2) is 28.0 Å². The van der Waals surface area contributed by atoms with Crippen molar-refractivity contribution >= 4 is 23.5 Å². The highest BCUT2D eigenvalue weighted by molar-refractivity contribution is 8.19. The number of hydrogen-bond acceptors (Lipinski definition) is 3. The molecule has 0 aliphatic carbocycles. The highest BCUT2D eigenvalue weighted by atomic mass is 32.2. The van der Waals surface area contributed by atoms with Crippen LogP contribution >= 0.6 is 23.5 Å². The molecule has 88 valence electrons. The van der Waals surface area contributed by atoms with E-state index in [0.717, 1.165) is 18.9 Å². The molecule has 0 saturated carbocycles. The Hall–Kier alpha value is -0.120. The second-order valence-electron chi connectivity index (χ2n) is 4.53. The lowest BCUT2D eigenvalue weighted by molar-refractivity contribution is 0.151. The van der Waals surface area contributed by atoms with E-state index in [1.807, 2.05) is 23.5 Å². The van der Waals surface area contributed by atoms with Gasteiger partial charge in [-0.3, -0.25) is 0 Å². The quantitative estimate of drug-likeness (QED) is 0.780. The van der Waals surface area contributed by atoms with Gasteiger partial charge in [0.25, 0.3) is 0 Å². The van der Waals surface area contributed by atoms with Gasteiger partial charge in [0.1, 0.15) is 0 Å². The number of ether oxygens (including phenoxy) is 1. The molecule has 1 aliphatic heterocycles. The van der Waals surface area contributed by atoms with E-state index < -0.39 is 0 Å². The van der Waals surface area contributed by atoms with Gasteiger partial charge in [0, 0.05) is 16.4 Å². The van der Waals surface area contributed by atoms with Gasteiger partial charge in [-0.15, -0.1) is 0 Å². The first kappa shape index (κ1) is 12.3. The van der Waals surface area contributed by atoms with Crippen LogP contribution in [-0.4, -0.2) is 11.4 Å². The topological polar surface area (TPSA) is 9.23 Å². The molecule has 1 unspecified atom stereocenters. The van der Waals surface area contributed by atoms with Crippen LogP contribution in [0.25, 0.3) is 0 Å². The Labute approximate surface area is 106 Å². The average molecular weight is 254 g/mol. The zero-order valence-corrected chi connectivity index (χ0v) is 11.7. The summed E-state index contributed by atoms with van der Waals surface area (Å²) in [4.78, 5) is 2.74. The summed E-state index contributed by atoms with van der Waals surface area (Å²) in [6.45, 7) is 7.47. The summed E-state index contributed by atoms with van der Waals surface area (Å²) in [6.07, 6.45) is 1.15. The van der Waals surface area contributed by atoms with Gasteiger partial charge >= 0.3 is 0 Å². The molecule has 1 atom stereocenters. The van der Waals surface area contributed by atoms with Crippen LogP contribution in [-0.2, 0) is 4.74 Å². The SMILES string of the molecule is Cc1ccc2c(c1)SC(OCCC(C)C)S2. The van der Waals surface area contributed by atoms with E-state index in [9.17, 15) is 0 Å². The van der Waals surface area contributed by atoms with E-state index in [1.54, 1.807) is 0 Å². The Bertz CT molecular complexity index is 363. The summed E-state index contributed by atoms with van der Waals surface area (Å²) in [7, 11) is 0. The van der Waals surface area contributed by atoms with Crippen molar-refractivity contribution in [3.05, 3.63) is 23.8 Å². The van der Waals surface area contributed by atoms with Crippen LogP contribution in [0.2, 0.25) is 0 Å². The fourth-order valence-corrected chi connectivity index (χ4v) is 4.11. The molecule has 16 heavy (non-hydrogen) atoms. The van der Waals surface area contributed by atoms with Crippen LogP contribution in [0.1, 0.15) is 25.8 Å². The summed E-state index contributed by atoms with van der Waals surface area (Å²) < 4.78 is 6.12. The van der Waals surface area contributed by atoms with Crippen LogP contribution < -0.4 is 0 Å². The van der Waals surface area contributed by atoms with Crippen LogP contribution in [0, 0.1) is 12.8 Å². The molecule has 0 spiro atoms. The molecule has 0 aromatic heterocycles. The molecule has 1 heterocycles. The summed E-state index contributed by atoms with van der Waals surface area (Å²) in [5.74, 6) is 0.723. The number of benzene rings is 1. The van der Waals surface area contributed by atoms with Gasteiger partial charge in [0.05, 0.1) is 0 Å². The highest BCUT2D eigenvalue weighted by Gasteiger charge is 2.23. The molecule has 0 bridgehead atoms. The second-order valence-corrected chi connectivity index (χ2v) is 7.03. The molecule has 0 radical (unpaired) electrons. The van der Waals surface area contributed by atoms with E-state index in [1.165, 1.54) is 15.4 Å². The van der Waals surface area contributed by atoms with E-state index >= 15 is 0 Å². The van der Waals surface area contributed by atoms with E-state index in [-0.39, 0.29) is 4.77 Å². The minimum absolute atomic E-state index is 0.260. The molecule has 3 heteroatoms. The molecule has 1 aromatic carbocycles. The molecule has 0 saturated heterocycles. The monoisotopic (exact) mass is 254 g/mol. The third kappa shape index (κ3) is 3.19. The summed E-state index contributed by atoms with van der Waals surface area (Å²) in [6, 6.07) is 6.62. The first-order valence-corrected chi connectivity index (χ1v) is 7.46. The van der Waals surface area contributed by atoms with Crippen molar-refractivity contribution in [3.63, 3.8) is 0 Å². The predicted molar refractivity (Wildman–Crippen MR) is 72.1 cm³/mol. The lowest BCUT2D eigenvalue weighted by atomic mass is 10.1. The zero-order valence-electron chi connectivity index (χ0n) is 10.0. The summed E-state index contributed by atoms with van der Waals surface area (Å²) in [5, 5.41) is 0. The summed E-state index contributed by atoms with van der Waals surface area (Å²) in [5.41, 5.74) is 1.33. The first-order valence-electron chi connectivity index (χ1n) is 5.71. The van der Waals surface area contributed by atoms with Crippen molar-refractivity contribution in [2.24, 2.45) is 5.92 Å². The van der Waals surface area contributed by atoms with Gasteiger partial charge in [-0.1, -0.05) is 43.4 Å². The van der Waals surface area contributed by atoms with E-state index in [2.05, 4.69) is 39.0 Å². The molecular formula is C13H18OS2. The van der Waals surface area contributed by atoms with Crippen LogP contribution in [0.3, 0.4) is 0 Å². The molecule has 1 nitrogen and oxygen atoms in total. The molecular weight excluding hydrogens is 236 g/mol. The Morgan fingerprint density at radius 2 is 2.00 bits per heavy atom. The fraction of sp³-hybridized carbons (Fsp3) is 0.538. The Morgan fingerprint density at radius 3 is 2.75 bits per heavy atom.